The van der Waals surface area contributed by atoms with Crippen LogP contribution in [0.15, 0.2) is 53.0 Å². The Balaban J connectivity index is 2.08. The fourth-order valence-electron chi connectivity index (χ4n) is 1.96. The molecule has 0 saturated heterocycles. The first-order valence-corrected chi connectivity index (χ1v) is 6.91. The first kappa shape index (κ1) is 13.8. The number of rotatable bonds is 5. The van der Waals surface area contributed by atoms with Crippen LogP contribution >= 0.6 is 15.9 Å². The Morgan fingerprint density at radius 3 is 2.53 bits per heavy atom. The van der Waals surface area contributed by atoms with E-state index in [-0.39, 0.29) is 5.78 Å². The van der Waals surface area contributed by atoms with Crippen LogP contribution in [0.1, 0.15) is 22.3 Å². The van der Waals surface area contributed by atoms with Crippen molar-refractivity contribution < 1.29 is 9.53 Å². The number of aryl methyl sites for hydroxylation is 1. The van der Waals surface area contributed by atoms with Crippen molar-refractivity contribution >= 4 is 21.7 Å². The van der Waals surface area contributed by atoms with E-state index in [1.54, 1.807) is 13.2 Å². The van der Waals surface area contributed by atoms with Gasteiger partial charge in [0.15, 0.2) is 5.78 Å². The van der Waals surface area contributed by atoms with E-state index in [1.807, 2.05) is 42.5 Å². The zero-order valence-electron chi connectivity index (χ0n) is 10.7. The van der Waals surface area contributed by atoms with Gasteiger partial charge in [0.1, 0.15) is 5.75 Å². The SMILES string of the molecule is COc1ccccc1C(=O)CCc1ccccc1Br. The van der Waals surface area contributed by atoms with Gasteiger partial charge in [-0.1, -0.05) is 46.3 Å². The van der Waals surface area contributed by atoms with Gasteiger partial charge in [-0.15, -0.1) is 0 Å². The lowest BCUT2D eigenvalue weighted by molar-refractivity contribution is 0.0980. The quantitative estimate of drug-likeness (QED) is 0.769. The molecule has 0 bridgehead atoms. The third-order valence-electron chi connectivity index (χ3n) is 2.99. The van der Waals surface area contributed by atoms with Crippen LogP contribution in [0.25, 0.3) is 0 Å². The molecule has 0 saturated carbocycles. The molecular weight excluding hydrogens is 304 g/mol. The summed E-state index contributed by atoms with van der Waals surface area (Å²) < 4.78 is 6.26. The molecule has 3 heteroatoms. The molecule has 0 radical (unpaired) electrons. The number of ether oxygens (including phenoxy) is 1. The summed E-state index contributed by atoms with van der Waals surface area (Å²) in [5, 5.41) is 0. The largest absolute Gasteiger partial charge is 0.496 e. The first-order valence-electron chi connectivity index (χ1n) is 6.12. The maximum Gasteiger partial charge on any atom is 0.166 e. The molecule has 0 heterocycles. The summed E-state index contributed by atoms with van der Waals surface area (Å²) in [6.45, 7) is 0. The van der Waals surface area contributed by atoms with Crippen LogP contribution < -0.4 is 4.74 Å². The number of hydrogen-bond donors (Lipinski definition) is 0. The molecule has 0 fully saturated rings. The Labute approximate surface area is 121 Å². The van der Waals surface area contributed by atoms with Gasteiger partial charge in [-0.2, -0.15) is 0 Å². The smallest absolute Gasteiger partial charge is 0.166 e. The van der Waals surface area contributed by atoms with Crippen molar-refractivity contribution in [2.75, 3.05) is 7.11 Å². The van der Waals surface area contributed by atoms with Gasteiger partial charge in [-0.25, -0.2) is 0 Å². The van der Waals surface area contributed by atoms with Gasteiger partial charge < -0.3 is 4.74 Å². The van der Waals surface area contributed by atoms with Gasteiger partial charge in [0.25, 0.3) is 0 Å². The Morgan fingerprint density at radius 2 is 1.79 bits per heavy atom. The molecule has 0 atom stereocenters. The third-order valence-corrected chi connectivity index (χ3v) is 3.76. The lowest BCUT2D eigenvalue weighted by atomic mass is 10.0. The number of Topliss-reactive ketones (excluding diaryl/α,β-unsaturated/α-hetero) is 1. The number of methoxy groups -OCH3 is 1. The summed E-state index contributed by atoms with van der Waals surface area (Å²) in [5.41, 5.74) is 1.79. The molecular formula is C16H15BrO2. The first-order chi connectivity index (χ1) is 9.22. The van der Waals surface area contributed by atoms with Gasteiger partial charge in [0.2, 0.25) is 0 Å². The summed E-state index contributed by atoms with van der Waals surface area (Å²) in [4.78, 5) is 12.2. The maximum atomic E-state index is 12.2. The van der Waals surface area contributed by atoms with Crippen LogP contribution in [0.2, 0.25) is 0 Å². The highest BCUT2D eigenvalue weighted by Gasteiger charge is 2.11. The van der Waals surface area contributed by atoms with Crippen molar-refractivity contribution in [2.24, 2.45) is 0 Å². The monoisotopic (exact) mass is 318 g/mol. The number of ketones is 1. The second kappa shape index (κ2) is 6.53. The molecule has 0 aliphatic heterocycles. The topological polar surface area (TPSA) is 26.3 Å². The fourth-order valence-corrected chi connectivity index (χ4v) is 2.44. The van der Waals surface area contributed by atoms with E-state index in [0.717, 1.165) is 16.5 Å². The Kier molecular flexibility index (Phi) is 4.74. The predicted molar refractivity (Wildman–Crippen MR) is 79.8 cm³/mol. The summed E-state index contributed by atoms with van der Waals surface area (Å²) in [6, 6.07) is 15.3. The Bertz CT molecular complexity index is 578. The molecule has 2 aromatic carbocycles. The zero-order valence-corrected chi connectivity index (χ0v) is 12.3. The van der Waals surface area contributed by atoms with E-state index in [9.17, 15) is 4.79 Å². The van der Waals surface area contributed by atoms with Crippen LogP contribution in [0.5, 0.6) is 5.75 Å². The second-order valence-electron chi connectivity index (χ2n) is 4.21. The second-order valence-corrected chi connectivity index (χ2v) is 5.07. The predicted octanol–water partition coefficient (Wildman–Crippen LogP) is 4.27. The summed E-state index contributed by atoms with van der Waals surface area (Å²) in [6.07, 6.45) is 1.20. The minimum Gasteiger partial charge on any atom is -0.496 e. The molecule has 2 aromatic rings. The third kappa shape index (κ3) is 3.44. The van der Waals surface area contributed by atoms with Crippen molar-refractivity contribution in [3.63, 3.8) is 0 Å². The molecule has 2 rings (SSSR count). The Morgan fingerprint density at radius 1 is 1.11 bits per heavy atom. The number of halogens is 1. The van der Waals surface area contributed by atoms with E-state index in [4.69, 9.17) is 4.74 Å². The van der Waals surface area contributed by atoms with Crippen molar-refractivity contribution in [1.29, 1.82) is 0 Å². The summed E-state index contributed by atoms with van der Waals surface area (Å²) in [5.74, 6) is 0.743. The number of carbonyl (C=O) groups excluding carboxylic acids is 1. The lowest BCUT2D eigenvalue weighted by Gasteiger charge is -2.07. The zero-order chi connectivity index (χ0) is 13.7. The highest BCUT2D eigenvalue weighted by Crippen LogP contribution is 2.22. The van der Waals surface area contributed by atoms with Gasteiger partial charge in [-0.05, 0) is 30.2 Å². The van der Waals surface area contributed by atoms with Crippen molar-refractivity contribution in [2.45, 2.75) is 12.8 Å². The van der Waals surface area contributed by atoms with Crippen LogP contribution in [-0.4, -0.2) is 12.9 Å². The fraction of sp³-hybridized carbons (Fsp3) is 0.188. The number of carbonyl (C=O) groups is 1. The standard InChI is InChI=1S/C16H15BrO2/c1-19-16-9-5-3-7-13(16)15(18)11-10-12-6-2-4-8-14(12)17/h2-9H,10-11H2,1H3. The van der Waals surface area contributed by atoms with Gasteiger partial charge in [-0.3, -0.25) is 4.79 Å². The van der Waals surface area contributed by atoms with Crippen LogP contribution in [-0.2, 0) is 6.42 Å². The van der Waals surface area contributed by atoms with Crippen molar-refractivity contribution in [1.82, 2.24) is 0 Å². The molecule has 0 aliphatic carbocycles. The van der Waals surface area contributed by atoms with Gasteiger partial charge in [0, 0.05) is 10.9 Å². The average molecular weight is 319 g/mol. The Hall–Kier alpha value is -1.61. The molecule has 0 unspecified atom stereocenters. The van der Waals surface area contributed by atoms with Gasteiger partial charge >= 0.3 is 0 Å². The number of benzene rings is 2. The maximum absolute atomic E-state index is 12.2. The number of para-hydroxylation sites is 1. The van der Waals surface area contributed by atoms with E-state index < -0.39 is 0 Å². The van der Waals surface area contributed by atoms with E-state index in [2.05, 4.69) is 15.9 Å². The number of hydrogen-bond acceptors (Lipinski definition) is 2. The average Bonchev–Trinajstić information content (AvgIpc) is 2.46. The summed E-state index contributed by atoms with van der Waals surface area (Å²) in [7, 11) is 1.58. The normalized spacial score (nSPS) is 10.2. The minimum absolute atomic E-state index is 0.105. The van der Waals surface area contributed by atoms with Crippen LogP contribution in [0.4, 0.5) is 0 Å². The highest BCUT2D eigenvalue weighted by molar-refractivity contribution is 9.10. The summed E-state index contributed by atoms with van der Waals surface area (Å²) >= 11 is 3.49. The molecule has 0 spiro atoms. The molecule has 0 aromatic heterocycles. The van der Waals surface area contributed by atoms with E-state index in [1.165, 1.54) is 0 Å². The van der Waals surface area contributed by atoms with Crippen LogP contribution in [0, 0.1) is 0 Å². The molecule has 2 nitrogen and oxygen atoms in total. The minimum atomic E-state index is 0.105. The lowest BCUT2D eigenvalue weighted by Crippen LogP contribution is -2.03. The molecule has 19 heavy (non-hydrogen) atoms. The molecule has 0 N–H and O–H groups in total. The molecule has 98 valence electrons. The van der Waals surface area contributed by atoms with E-state index in [0.29, 0.717) is 17.7 Å². The highest BCUT2D eigenvalue weighted by atomic mass is 79.9. The van der Waals surface area contributed by atoms with Crippen molar-refractivity contribution in [3.8, 4) is 5.75 Å². The van der Waals surface area contributed by atoms with Crippen LogP contribution in [0.3, 0.4) is 0 Å². The molecule has 0 amide bonds. The van der Waals surface area contributed by atoms with Gasteiger partial charge in [0.05, 0.1) is 12.7 Å². The van der Waals surface area contributed by atoms with E-state index >= 15 is 0 Å². The van der Waals surface area contributed by atoms with Crippen molar-refractivity contribution in [3.05, 3.63) is 64.1 Å². The molecule has 0 aliphatic rings.